The average Bonchev–Trinajstić information content (AvgIpc) is 2.61. The van der Waals surface area contributed by atoms with E-state index in [-0.39, 0.29) is 18.0 Å². The molecule has 24 heavy (non-hydrogen) atoms. The summed E-state index contributed by atoms with van der Waals surface area (Å²) in [4.78, 5) is 25.8. The van der Waals surface area contributed by atoms with Crippen LogP contribution in [0.2, 0.25) is 0 Å². The molecule has 1 aromatic heterocycles. The molecule has 1 amide bonds. The van der Waals surface area contributed by atoms with Crippen LogP contribution in [0.5, 0.6) is 5.75 Å². The van der Waals surface area contributed by atoms with Crippen molar-refractivity contribution < 1.29 is 9.53 Å². The Morgan fingerprint density at radius 1 is 1.21 bits per heavy atom. The van der Waals surface area contributed by atoms with E-state index in [0.29, 0.717) is 11.3 Å². The van der Waals surface area contributed by atoms with Crippen LogP contribution in [0.15, 0.2) is 36.5 Å². The number of carbonyl (C=O) groups excluding carboxylic acids is 1. The van der Waals surface area contributed by atoms with Crippen LogP contribution in [0.4, 0.5) is 5.82 Å². The zero-order valence-electron chi connectivity index (χ0n) is 13.8. The highest BCUT2D eigenvalue weighted by molar-refractivity contribution is 5.98. The number of hydrogen-bond acceptors (Lipinski definition) is 5. The molecule has 0 radical (unpaired) electrons. The van der Waals surface area contributed by atoms with Gasteiger partial charge in [-0.15, -0.1) is 0 Å². The van der Waals surface area contributed by atoms with Gasteiger partial charge in [-0.25, -0.2) is 9.97 Å². The van der Waals surface area contributed by atoms with E-state index in [2.05, 4.69) is 14.9 Å². The predicted octanol–water partition coefficient (Wildman–Crippen LogP) is 1.90. The van der Waals surface area contributed by atoms with Gasteiger partial charge >= 0.3 is 0 Å². The fourth-order valence-corrected chi connectivity index (χ4v) is 3.71. The first kappa shape index (κ1) is 14.9. The summed E-state index contributed by atoms with van der Waals surface area (Å²) in [6.07, 6.45) is 2.84. The van der Waals surface area contributed by atoms with Crippen LogP contribution in [-0.4, -0.2) is 53.1 Å². The summed E-state index contributed by atoms with van der Waals surface area (Å²) in [5, 5.41) is 0. The maximum absolute atomic E-state index is 12.9. The monoisotopic (exact) mass is 324 g/mol. The second kappa shape index (κ2) is 5.78. The molecule has 5 rings (SSSR count). The minimum absolute atomic E-state index is 0.0622. The van der Waals surface area contributed by atoms with Crippen molar-refractivity contribution in [1.82, 2.24) is 14.9 Å². The lowest BCUT2D eigenvalue weighted by Gasteiger charge is -2.56. The van der Waals surface area contributed by atoms with E-state index in [9.17, 15) is 4.79 Å². The van der Waals surface area contributed by atoms with E-state index in [0.717, 1.165) is 31.2 Å². The zero-order chi connectivity index (χ0) is 16.7. The first-order valence-electron chi connectivity index (χ1n) is 8.17. The smallest absolute Gasteiger partial charge is 0.258 e. The minimum atomic E-state index is 0.0622. The number of hydrogen-bond donors (Lipinski definition) is 0. The van der Waals surface area contributed by atoms with Crippen molar-refractivity contribution in [2.45, 2.75) is 25.4 Å². The number of amides is 1. The molecule has 0 saturated carbocycles. The molecule has 3 aliphatic heterocycles. The highest BCUT2D eigenvalue weighted by Crippen LogP contribution is 2.36. The lowest BCUT2D eigenvalue weighted by molar-refractivity contribution is 0.00551. The SMILES string of the molecule is COc1ccccc1C(=O)N1C2CC1CN(c1ccnc(C)n1)C2. The molecule has 1 aromatic carbocycles. The number of nitrogens with zero attached hydrogens (tertiary/aromatic N) is 4. The standard InChI is InChI=1S/C18H20N4O2/c1-12-19-8-7-17(20-12)21-10-13-9-14(11-21)22(13)18(23)15-5-3-4-6-16(15)24-2/h3-8,13-14H,9-11H2,1-2H3. The molecule has 3 fully saturated rings. The van der Waals surface area contributed by atoms with Gasteiger partial charge in [-0.1, -0.05) is 12.1 Å². The molecule has 2 unspecified atom stereocenters. The number of ether oxygens (including phenoxy) is 1. The third kappa shape index (κ3) is 2.38. The highest BCUT2D eigenvalue weighted by Gasteiger charge is 2.48. The maximum atomic E-state index is 12.9. The minimum Gasteiger partial charge on any atom is -0.496 e. The first-order valence-corrected chi connectivity index (χ1v) is 8.17. The number of aromatic nitrogens is 2. The van der Waals surface area contributed by atoms with Gasteiger partial charge in [0.2, 0.25) is 0 Å². The Balaban J connectivity index is 1.52. The average molecular weight is 324 g/mol. The van der Waals surface area contributed by atoms with Gasteiger partial charge in [0.05, 0.1) is 24.8 Å². The van der Waals surface area contributed by atoms with E-state index in [1.807, 2.05) is 42.2 Å². The molecule has 6 heteroatoms. The number of aryl methyl sites for hydroxylation is 1. The van der Waals surface area contributed by atoms with Crippen LogP contribution < -0.4 is 9.64 Å². The normalized spacial score (nSPS) is 22.1. The van der Waals surface area contributed by atoms with Crippen LogP contribution in [0.25, 0.3) is 0 Å². The third-order valence-corrected chi connectivity index (χ3v) is 4.85. The number of anilines is 1. The van der Waals surface area contributed by atoms with E-state index in [1.54, 1.807) is 13.3 Å². The molecule has 2 bridgehead atoms. The molecule has 0 spiro atoms. The topological polar surface area (TPSA) is 58.6 Å². The Bertz CT molecular complexity index is 767. The Hall–Kier alpha value is -2.63. The van der Waals surface area contributed by atoms with Crippen molar-refractivity contribution in [1.29, 1.82) is 0 Å². The van der Waals surface area contributed by atoms with Crippen molar-refractivity contribution in [2.75, 3.05) is 25.1 Å². The third-order valence-electron chi connectivity index (χ3n) is 4.85. The van der Waals surface area contributed by atoms with E-state index in [4.69, 9.17) is 4.74 Å². The lowest BCUT2D eigenvalue weighted by Crippen LogP contribution is -2.70. The van der Waals surface area contributed by atoms with Crippen LogP contribution >= 0.6 is 0 Å². The van der Waals surface area contributed by atoms with E-state index in [1.165, 1.54) is 0 Å². The number of piperidine rings is 1. The van der Waals surface area contributed by atoms with Crippen molar-refractivity contribution in [2.24, 2.45) is 0 Å². The summed E-state index contributed by atoms with van der Waals surface area (Å²) in [5.74, 6) is 2.42. The van der Waals surface area contributed by atoms with Gasteiger partial charge in [0.1, 0.15) is 17.4 Å². The lowest BCUT2D eigenvalue weighted by atomic mass is 9.86. The second-order valence-electron chi connectivity index (χ2n) is 6.32. The van der Waals surface area contributed by atoms with Gasteiger partial charge in [0.15, 0.2) is 0 Å². The molecule has 3 aliphatic rings. The Morgan fingerprint density at radius 3 is 2.67 bits per heavy atom. The largest absolute Gasteiger partial charge is 0.496 e. The van der Waals surface area contributed by atoms with Gasteiger partial charge in [0, 0.05) is 19.3 Å². The van der Waals surface area contributed by atoms with Gasteiger partial charge < -0.3 is 14.5 Å². The quantitative estimate of drug-likeness (QED) is 0.863. The summed E-state index contributed by atoms with van der Waals surface area (Å²) >= 11 is 0. The number of fused-ring (bicyclic) bond motifs is 2. The number of benzene rings is 1. The number of rotatable bonds is 3. The Kier molecular flexibility index (Phi) is 3.59. The van der Waals surface area contributed by atoms with Crippen molar-refractivity contribution in [3.8, 4) is 5.75 Å². The fourth-order valence-electron chi connectivity index (χ4n) is 3.71. The van der Waals surface area contributed by atoms with Gasteiger partial charge in [-0.05, 0) is 31.5 Å². The van der Waals surface area contributed by atoms with Crippen molar-refractivity contribution in [3.63, 3.8) is 0 Å². The molecular formula is C18H20N4O2. The molecule has 3 saturated heterocycles. The highest BCUT2D eigenvalue weighted by atomic mass is 16.5. The molecule has 124 valence electrons. The Morgan fingerprint density at radius 2 is 1.96 bits per heavy atom. The number of piperazine rings is 1. The summed E-state index contributed by atoms with van der Waals surface area (Å²) in [5.41, 5.74) is 0.640. The summed E-state index contributed by atoms with van der Waals surface area (Å²) in [6, 6.07) is 9.82. The first-order chi connectivity index (χ1) is 11.7. The molecular weight excluding hydrogens is 304 g/mol. The number of para-hydroxylation sites is 1. The Labute approximate surface area is 141 Å². The van der Waals surface area contributed by atoms with Crippen LogP contribution in [-0.2, 0) is 0 Å². The number of methoxy groups -OCH3 is 1. The summed E-state index contributed by atoms with van der Waals surface area (Å²) in [6.45, 7) is 3.52. The molecule has 4 heterocycles. The maximum Gasteiger partial charge on any atom is 0.258 e. The molecule has 0 aliphatic carbocycles. The molecule has 0 N–H and O–H groups in total. The molecule has 6 nitrogen and oxygen atoms in total. The fraction of sp³-hybridized carbons (Fsp3) is 0.389. The van der Waals surface area contributed by atoms with Crippen molar-refractivity contribution in [3.05, 3.63) is 47.9 Å². The zero-order valence-corrected chi connectivity index (χ0v) is 13.8. The van der Waals surface area contributed by atoms with E-state index >= 15 is 0 Å². The summed E-state index contributed by atoms with van der Waals surface area (Å²) < 4.78 is 5.34. The molecule has 2 atom stereocenters. The van der Waals surface area contributed by atoms with E-state index < -0.39 is 0 Å². The van der Waals surface area contributed by atoms with Crippen LogP contribution in [0.3, 0.4) is 0 Å². The molecule has 2 aromatic rings. The van der Waals surface area contributed by atoms with Crippen LogP contribution in [0.1, 0.15) is 22.6 Å². The van der Waals surface area contributed by atoms with Crippen LogP contribution in [0, 0.1) is 6.92 Å². The summed E-state index contributed by atoms with van der Waals surface area (Å²) in [7, 11) is 1.60. The van der Waals surface area contributed by atoms with Gasteiger partial charge in [-0.3, -0.25) is 4.79 Å². The number of carbonyl (C=O) groups is 1. The van der Waals surface area contributed by atoms with Gasteiger partial charge in [0.25, 0.3) is 5.91 Å². The van der Waals surface area contributed by atoms with Crippen molar-refractivity contribution >= 4 is 11.7 Å². The van der Waals surface area contributed by atoms with Gasteiger partial charge in [-0.2, -0.15) is 0 Å². The predicted molar refractivity (Wildman–Crippen MR) is 90.3 cm³/mol. The second-order valence-corrected chi connectivity index (χ2v) is 6.32.